The largest absolute Gasteiger partial charge is 0.369 e. The zero-order valence-corrected chi connectivity index (χ0v) is 13.8. The molecule has 1 saturated heterocycles. The van der Waals surface area contributed by atoms with Crippen LogP contribution in [0.25, 0.3) is 0 Å². The number of likely N-dealkylation sites (tertiary alicyclic amines) is 1. The Hall–Kier alpha value is -2.15. The van der Waals surface area contributed by atoms with E-state index in [2.05, 4.69) is 24.1 Å². The molecule has 1 fully saturated rings. The molecular weight excluding hydrogens is 296 g/mol. The van der Waals surface area contributed by atoms with Crippen molar-refractivity contribution in [1.82, 2.24) is 15.2 Å². The highest BCUT2D eigenvalue weighted by atomic mass is 16.2. The molecule has 23 heavy (non-hydrogen) atoms. The average molecular weight is 320 g/mol. The maximum Gasteiger partial charge on any atom is 0.257 e. The number of aromatic amines is 1. The fraction of sp³-hybridized carbons (Fsp3) is 0.562. The number of aromatic nitrogens is 1. The van der Waals surface area contributed by atoms with E-state index in [1.54, 1.807) is 6.92 Å². The molecule has 0 radical (unpaired) electrons. The van der Waals surface area contributed by atoms with Crippen LogP contribution in [-0.2, 0) is 4.79 Å². The number of carbonyl (C=O) groups excluding carboxylic acids is 2. The number of pyridine rings is 1. The summed E-state index contributed by atoms with van der Waals surface area (Å²) in [6.07, 6.45) is 1.44. The summed E-state index contributed by atoms with van der Waals surface area (Å²) in [5.41, 5.74) is 5.76. The number of primary amides is 1. The molecule has 0 saturated carbocycles. The lowest BCUT2D eigenvalue weighted by Crippen LogP contribution is -2.43. The summed E-state index contributed by atoms with van der Waals surface area (Å²) in [5, 5.41) is 2.94. The molecule has 7 heteroatoms. The average Bonchev–Trinajstić information content (AvgIpc) is 2.80. The Balaban J connectivity index is 2.11. The molecule has 2 heterocycles. The number of rotatable bonds is 5. The van der Waals surface area contributed by atoms with Crippen molar-refractivity contribution < 1.29 is 9.59 Å². The molecule has 7 nitrogen and oxygen atoms in total. The van der Waals surface area contributed by atoms with E-state index >= 15 is 0 Å². The normalized spacial score (nSPS) is 21.6. The Bertz CT molecular complexity index is 653. The standard InChI is InChI=1S/C16H24N4O3/c1-9(2)12-6-20(8-15(17)22)7-13(12)19-16(23)11-5-18-10(3)4-14(11)21/h4-5,9,12-13H,6-8H2,1-3H3,(H2,17,22)(H,18,21)(H,19,23)/t12-,13+/m0/s1. The number of hydrogen-bond donors (Lipinski definition) is 3. The molecule has 1 aliphatic heterocycles. The van der Waals surface area contributed by atoms with Gasteiger partial charge in [0, 0.05) is 37.1 Å². The lowest BCUT2D eigenvalue weighted by Gasteiger charge is -2.22. The van der Waals surface area contributed by atoms with Gasteiger partial charge < -0.3 is 16.0 Å². The quantitative estimate of drug-likeness (QED) is 0.701. The van der Waals surface area contributed by atoms with Gasteiger partial charge in [0.25, 0.3) is 5.91 Å². The van der Waals surface area contributed by atoms with Gasteiger partial charge in [-0.3, -0.25) is 19.3 Å². The van der Waals surface area contributed by atoms with Crippen LogP contribution in [-0.4, -0.2) is 47.4 Å². The zero-order valence-electron chi connectivity index (χ0n) is 13.8. The molecule has 2 atom stereocenters. The van der Waals surface area contributed by atoms with Gasteiger partial charge in [0.15, 0.2) is 5.43 Å². The van der Waals surface area contributed by atoms with Crippen molar-refractivity contribution in [2.45, 2.75) is 26.8 Å². The van der Waals surface area contributed by atoms with Crippen LogP contribution < -0.4 is 16.5 Å². The molecule has 4 N–H and O–H groups in total. The number of H-pyrrole nitrogens is 1. The van der Waals surface area contributed by atoms with Crippen molar-refractivity contribution in [1.29, 1.82) is 0 Å². The smallest absolute Gasteiger partial charge is 0.257 e. The number of hydrogen-bond acceptors (Lipinski definition) is 4. The Kier molecular flexibility index (Phi) is 5.20. The van der Waals surface area contributed by atoms with Gasteiger partial charge in [-0.15, -0.1) is 0 Å². The third kappa shape index (κ3) is 4.19. The van der Waals surface area contributed by atoms with Crippen LogP contribution >= 0.6 is 0 Å². The van der Waals surface area contributed by atoms with E-state index in [-0.39, 0.29) is 41.3 Å². The summed E-state index contributed by atoms with van der Waals surface area (Å²) in [4.78, 5) is 40.2. The first-order chi connectivity index (χ1) is 10.8. The van der Waals surface area contributed by atoms with Crippen molar-refractivity contribution >= 4 is 11.8 Å². The highest BCUT2D eigenvalue weighted by Crippen LogP contribution is 2.24. The van der Waals surface area contributed by atoms with E-state index in [1.807, 2.05) is 4.90 Å². The van der Waals surface area contributed by atoms with E-state index in [1.165, 1.54) is 12.3 Å². The van der Waals surface area contributed by atoms with E-state index < -0.39 is 0 Å². The molecule has 126 valence electrons. The number of carbonyl (C=O) groups is 2. The number of nitrogens with one attached hydrogen (secondary N) is 2. The minimum Gasteiger partial charge on any atom is -0.369 e. The van der Waals surface area contributed by atoms with Crippen molar-refractivity contribution in [3.05, 3.63) is 33.7 Å². The fourth-order valence-corrected chi connectivity index (χ4v) is 3.09. The molecule has 1 aromatic heterocycles. The maximum atomic E-state index is 12.4. The predicted molar refractivity (Wildman–Crippen MR) is 87.0 cm³/mol. The summed E-state index contributed by atoms with van der Waals surface area (Å²) in [7, 11) is 0. The van der Waals surface area contributed by atoms with E-state index in [0.29, 0.717) is 24.7 Å². The van der Waals surface area contributed by atoms with Crippen molar-refractivity contribution in [3.63, 3.8) is 0 Å². The molecule has 0 bridgehead atoms. The van der Waals surface area contributed by atoms with Crippen molar-refractivity contribution in [2.24, 2.45) is 17.6 Å². The molecule has 0 spiro atoms. The Morgan fingerprint density at radius 2 is 2.13 bits per heavy atom. The summed E-state index contributed by atoms with van der Waals surface area (Å²) in [6.45, 7) is 7.36. The topological polar surface area (TPSA) is 108 Å². The van der Waals surface area contributed by atoms with Gasteiger partial charge in [-0.05, 0) is 18.8 Å². The van der Waals surface area contributed by atoms with Gasteiger partial charge in [0.2, 0.25) is 5.91 Å². The lowest BCUT2D eigenvalue weighted by atomic mass is 9.91. The van der Waals surface area contributed by atoms with Crippen LogP contribution in [0.5, 0.6) is 0 Å². The van der Waals surface area contributed by atoms with Crippen molar-refractivity contribution in [3.8, 4) is 0 Å². The second-order valence-electron chi connectivity index (χ2n) is 6.54. The first-order valence-corrected chi connectivity index (χ1v) is 7.78. The van der Waals surface area contributed by atoms with Crippen LogP contribution in [0.15, 0.2) is 17.1 Å². The van der Waals surface area contributed by atoms with Crippen LogP contribution in [0.4, 0.5) is 0 Å². The molecule has 2 amide bonds. The SMILES string of the molecule is Cc1cc(=O)c(C(=O)N[C@@H]2CN(CC(N)=O)C[C@H]2C(C)C)c[nH]1. The third-order valence-corrected chi connectivity index (χ3v) is 4.29. The minimum atomic E-state index is -0.386. The molecule has 1 aliphatic rings. The third-order valence-electron chi connectivity index (χ3n) is 4.29. The Morgan fingerprint density at radius 3 is 2.70 bits per heavy atom. The molecule has 0 unspecified atom stereocenters. The maximum absolute atomic E-state index is 12.4. The number of amides is 2. The number of nitrogens with two attached hydrogens (primary N) is 1. The van der Waals surface area contributed by atoms with Gasteiger partial charge >= 0.3 is 0 Å². The van der Waals surface area contributed by atoms with Crippen LogP contribution in [0.2, 0.25) is 0 Å². The van der Waals surface area contributed by atoms with E-state index in [0.717, 1.165) is 0 Å². The molecular formula is C16H24N4O3. The van der Waals surface area contributed by atoms with Gasteiger partial charge in [0.1, 0.15) is 5.56 Å². The van der Waals surface area contributed by atoms with Crippen molar-refractivity contribution in [2.75, 3.05) is 19.6 Å². The second-order valence-corrected chi connectivity index (χ2v) is 6.54. The molecule has 2 rings (SSSR count). The van der Waals surface area contributed by atoms with Crippen LogP contribution in [0.1, 0.15) is 29.9 Å². The monoisotopic (exact) mass is 320 g/mol. The first kappa shape index (κ1) is 17.2. The predicted octanol–water partition coefficient (Wildman–Crippen LogP) is -0.145. The molecule has 0 aliphatic carbocycles. The van der Waals surface area contributed by atoms with Gasteiger partial charge in [-0.2, -0.15) is 0 Å². The minimum absolute atomic E-state index is 0.103. The Morgan fingerprint density at radius 1 is 1.43 bits per heavy atom. The van der Waals surface area contributed by atoms with Gasteiger partial charge in [0.05, 0.1) is 6.54 Å². The van der Waals surface area contributed by atoms with Crippen LogP contribution in [0.3, 0.4) is 0 Å². The summed E-state index contributed by atoms with van der Waals surface area (Å²) >= 11 is 0. The van der Waals surface area contributed by atoms with Gasteiger partial charge in [-0.25, -0.2) is 0 Å². The van der Waals surface area contributed by atoms with E-state index in [9.17, 15) is 14.4 Å². The summed E-state index contributed by atoms with van der Waals surface area (Å²) in [5.74, 6) is -0.213. The molecule has 0 aromatic carbocycles. The molecule has 1 aromatic rings. The highest BCUT2D eigenvalue weighted by molar-refractivity contribution is 5.94. The first-order valence-electron chi connectivity index (χ1n) is 7.78. The van der Waals surface area contributed by atoms with Gasteiger partial charge in [-0.1, -0.05) is 13.8 Å². The number of nitrogens with zero attached hydrogens (tertiary/aromatic N) is 1. The summed E-state index contributed by atoms with van der Waals surface area (Å²) in [6, 6.07) is 1.30. The fourth-order valence-electron chi connectivity index (χ4n) is 3.09. The lowest BCUT2D eigenvalue weighted by molar-refractivity contribution is -0.118. The van der Waals surface area contributed by atoms with E-state index in [4.69, 9.17) is 5.73 Å². The van der Waals surface area contributed by atoms with Crippen LogP contribution in [0, 0.1) is 18.8 Å². The highest BCUT2D eigenvalue weighted by Gasteiger charge is 2.36. The summed E-state index contributed by atoms with van der Waals surface area (Å²) < 4.78 is 0. The Labute approximate surface area is 135 Å². The zero-order chi connectivity index (χ0) is 17.1. The number of aryl methyl sites for hydroxylation is 1. The second kappa shape index (κ2) is 6.95.